The molecule has 0 fully saturated rings. The summed E-state index contributed by atoms with van der Waals surface area (Å²) in [5.41, 5.74) is 7.93. The van der Waals surface area contributed by atoms with Crippen molar-refractivity contribution in [3.05, 3.63) is 34.7 Å². The van der Waals surface area contributed by atoms with Gasteiger partial charge in [0.1, 0.15) is 5.82 Å². The molecule has 0 aliphatic rings. The van der Waals surface area contributed by atoms with E-state index in [0.717, 1.165) is 6.08 Å². The summed E-state index contributed by atoms with van der Waals surface area (Å²) < 4.78 is 1.67. The zero-order valence-corrected chi connectivity index (χ0v) is 7.86. The van der Waals surface area contributed by atoms with Crippen molar-refractivity contribution >= 4 is 17.8 Å². The number of ketones is 1. The number of azide groups is 1. The molecule has 0 aliphatic carbocycles. The van der Waals surface area contributed by atoms with E-state index in [1.54, 1.807) is 24.0 Å². The second kappa shape index (κ2) is 4.73. The van der Waals surface area contributed by atoms with Gasteiger partial charge in [-0.3, -0.25) is 9.59 Å². The summed E-state index contributed by atoms with van der Waals surface area (Å²) in [6.45, 7) is 0. The molecule has 0 aromatic carbocycles. The molecule has 0 N–H and O–H groups in total. The summed E-state index contributed by atoms with van der Waals surface area (Å²) in [4.78, 5) is 27.9. The van der Waals surface area contributed by atoms with Gasteiger partial charge in [-0.2, -0.15) is 0 Å². The number of aryl methyl sites for hydroxylation is 1. The van der Waals surface area contributed by atoms with Crippen molar-refractivity contribution in [2.75, 3.05) is 0 Å². The summed E-state index contributed by atoms with van der Waals surface area (Å²) in [6, 6.07) is 0. The monoisotopic (exact) mass is 205 g/mol. The van der Waals surface area contributed by atoms with Crippen LogP contribution in [-0.2, 0) is 16.6 Å². The summed E-state index contributed by atoms with van der Waals surface area (Å²) >= 11 is 0. The van der Waals surface area contributed by atoms with Crippen LogP contribution in [0, 0.1) is 0 Å². The van der Waals surface area contributed by atoms with Gasteiger partial charge in [0.25, 0.3) is 5.91 Å². The van der Waals surface area contributed by atoms with E-state index in [1.807, 2.05) is 0 Å². The Morgan fingerprint density at radius 3 is 2.93 bits per heavy atom. The maximum absolute atomic E-state index is 11.0. The molecule has 1 amide bonds. The van der Waals surface area contributed by atoms with Gasteiger partial charge >= 0.3 is 0 Å². The quantitative estimate of drug-likeness (QED) is 0.240. The van der Waals surface area contributed by atoms with Crippen LogP contribution < -0.4 is 0 Å². The molecule has 0 spiro atoms. The number of carbonyl (C=O) groups is 2. The largest absolute Gasteiger partial charge is 0.335 e. The Balaban J connectivity index is 2.75. The highest BCUT2D eigenvalue weighted by atomic mass is 16.2. The third kappa shape index (κ3) is 2.78. The Morgan fingerprint density at radius 1 is 1.67 bits per heavy atom. The Kier molecular flexibility index (Phi) is 3.37. The summed E-state index contributed by atoms with van der Waals surface area (Å²) in [5.74, 6) is -1.49. The number of imidazole rings is 1. The molecule has 0 radical (unpaired) electrons. The van der Waals surface area contributed by atoms with Gasteiger partial charge in [-0.05, 0) is 22.8 Å². The lowest BCUT2D eigenvalue weighted by atomic mass is 10.3. The number of rotatable bonds is 3. The van der Waals surface area contributed by atoms with Crippen molar-refractivity contribution in [2.45, 2.75) is 0 Å². The van der Waals surface area contributed by atoms with Crippen molar-refractivity contribution in [1.29, 1.82) is 0 Å². The minimum atomic E-state index is -1.14. The molecule has 0 saturated heterocycles. The Bertz CT molecular complexity index is 467. The van der Waals surface area contributed by atoms with Gasteiger partial charge in [0.05, 0.1) is 0 Å². The van der Waals surface area contributed by atoms with Crippen LogP contribution in [0.2, 0.25) is 0 Å². The molecule has 0 aliphatic heterocycles. The molecule has 1 aromatic heterocycles. The SMILES string of the molecule is Cn1ccnc1/C=C/C(=O)C(=O)N=[N+]=[N-]. The van der Waals surface area contributed by atoms with Crippen LogP contribution in [0.4, 0.5) is 0 Å². The predicted molar refractivity (Wildman–Crippen MR) is 51.4 cm³/mol. The van der Waals surface area contributed by atoms with Crippen molar-refractivity contribution in [3.63, 3.8) is 0 Å². The maximum Gasteiger partial charge on any atom is 0.288 e. The van der Waals surface area contributed by atoms with Gasteiger partial charge in [-0.1, -0.05) is 0 Å². The molecule has 76 valence electrons. The molecule has 7 nitrogen and oxygen atoms in total. The molecule has 0 unspecified atom stereocenters. The number of amides is 1. The van der Waals surface area contributed by atoms with Crippen molar-refractivity contribution in [1.82, 2.24) is 9.55 Å². The lowest BCUT2D eigenvalue weighted by Crippen LogP contribution is -2.06. The molecule has 1 heterocycles. The van der Waals surface area contributed by atoms with Crippen LogP contribution in [-0.4, -0.2) is 21.2 Å². The van der Waals surface area contributed by atoms with Gasteiger partial charge in [-0.25, -0.2) is 4.98 Å². The zero-order chi connectivity index (χ0) is 11.3. The van der Waals surface area contributed by atoms with Crippen LogP contribution in [0.1, 0.15) is 5.82 Å². The Morgan fingerprint density at radius 2 is 2.40 bits per heavy atom. The average molecular weight is 205 g/mol. The second-order valence-electron chi connectivity index (χ2n) is 2.59. The van der Waals surface area contributed by atoms with Gasteiger partial charge in [0.15, 0.2) is 0 Å². The highest BCUT2D eigenvalue weighted by Gasteiger charge is 2.06. The van der Waals surface area contributed by atoms with Crippen LogP contribution in [0.15, 0.2) is 23.6 Å². The van der Waals surface area contributed by atoms with Crippen molar-refractivity contribution in [2.24, 2.45) is 12.2 Å². The maximum atomic E-state index is 11.0. The number of hydrogen-bond donors (Lipinski definition) is 0. The molecule has 0 atom stereocenters. The fraction of sp³-hybridized carbons (Fsp3) is 0.125. The molecule has 7 heteroatoms. The van der Waals surface area contributed by atoms with E-state index >= 15 is 0 Å². The summed E-state index contributed by atoms with van der Waals surface area (Å²) in [6.07, 6.45) is 5.63. The molecule has 15 heavy (non-hydrogen) atoms. The molecular weight excluding hydrogens is 198 g/mol. The number of carbonyl (C=O) groups excluding carboxylic acids is 2. The van der Waals surface area contributed by atoms with E-state index < -0.39 is 11.7 Å². The van der Waals surface area contributed by atoms with Crippen LogP contribution in [0.5, 0.6) is 0 Å². The molecule has 1 aromatic rings. The third-order valence-corrected chi connectivity index (χ3v) is 1.59. The zero-order valence-electron chi connectivity index (χ0n) is 7.86. The van der Waals surface area contributed by atoms with E-state index in [-0.39, 0.29) is 0 Å². The number of nitrogens with zero attached hydrogens (tertiary/aromatic N) is 5. The van der Waals surface area contributed by atoms with E-state index in [4.69, 9.17) is 5.53 Å². The van der Waals surface area contributed by atoms with Gasteiger partial charge < -0.3 is 4.57 Å². The van der Waals surface area contributed by atoms with Gasteiger partial charge in [-0.15, -0.1) is 0 Å². The lowest BCUT2D eigenvalue weighted by molar-refractivity contribution is -0.133. The minimum Gasteiger partial charge on any atom is -0.335 e. The second-order valence-corrected chi connectivity index (χ2v) is 2.59. The number of aromatic nitrogens is 2. The average Bonchev–Trinajstić information content (AvgIpc) is 2.61. The van der Waals surface area contributed by atoms with E-state index in [9.17, 15) is 9.59 Å². The first-order valence-electron chi connectivity index (χ1n) is 3.94. The number of hydrogen-bond acceptors (Lipinski definition) is 3. The molecule has 1 rings (SSSR count). The molecule has 0 bridgehead atoms. The third-order valence-electron chi connectivity index (χ3n) is 1.59. The van der Waals surface area contributed by atoms with E-state index in [0.29, 0.717) is 5.82 Å². The van der Waals surface area contributed by atoms with E-state index in [1.165, 1.54) is 6.08 Å². The fourth-order valence-electron chi connectivity index (χ4n) is 0.849. The van der Waals surface area contributed by atoms with Crippen LogP contribution >= 0.6 is 0 Å². The smallest absolute Gasteiger partial charge is 0.288 e. The Hall–Kier alpha value is -2.40. The lowest BCUT2D eigenvalue weighted by Gasteiger charge is -1.92. The van der Waals surface area contributed by atoms with Gasteiger partial charge in [0, 0.05) is 24.4 Å². The normalized spacial score (nSPS) is 9.93. The minimum absolute atomic E-state index is 0.525. The first-order chi connectivity index (χ1) is 7.15. The van der Waals surface area contributed by atoms with Gasteiger partial charge in [0.2, 0.25) is 5.78 Å². The van der Waals surface area contributed by atoms with Crippen LogP contribution in [0.25, 0.3) is 16.5 Å². The van der Waals surface area contributed by atoms with Crippen molar-refractivity contribution in [3.8, 4) is 0 Å². The summed E-state index contributed by atoms with van der Waals surface area (Å²) in [7, 11) is 1.74. The molecular formula is C8H7N5O2. The first kappa shape index (κ1) is 10.7. The standard InChI is InChI=1S/C8H7N5O2/c1-13-5-4-10-7(13)3-2-6(14)8(15)11-12-9/h2-5H,1H3/b3-2+. The Labute approximate surface area is 84.7 Å². The highest BCUT2D eigenvalue weighted by Crippen LogP contribution is 1.97. The van der Waals surface area contributed by atoms with Crippen LogP contribution in [0.3, 0.4) is 0 Å². The topological polar surface area (TPSA) is 101 Å². The summed E-state index contributed by atoms with van der Waals surface area (Å²) in [5, 5.41) is 2.66. The molecule has 0 saturated carbocycles. The van der Waals surface area contributed by atoms with E-state index in [2.05, 4.69) is 15.0 Å². The first-order valence-corrected chi connectivity index (χ1v) is 3.94. The van der Waals surface area contributed by atoms with Crippen molar-refractivity contribution < 1.29 is 9.59 Å². The fourth-order valence-corrected chi connectivity index (χ4v) is 0.849. The predicted octanol–water partition coefficient (Wildman–Crippen LogP) is 0.839. The highest BCUT2D eigenvalue weighted by molar-refractivity contribution is 6.41.